The number of amides is 1. The minimum Gasteiger partial charge on any atom is -0.497 e. The second-order valence-corrected chi connectivity index (χ2v) is 6.89. The standard InChI is InChI=1S/C20H27N7O4.CH4O/c1-13-24-17(19(21)26-27(22)11-16-12-30-6-7-31-16)9-18(25-13)20(28)23-10-14-4-3-5-15(8-14)29-2;1-2/h3-5,8-9,16H,6-7,10-12,22H2,1-2H3,(H2,21,26)(H,23,28);2H,1H3/t16-;/m1./s1. The highest BCUT2D eigenvalue weighted by Gasteiger charge is 2.17. The predicted molar refractivity (Wildman–Crippen MR) is 121 cm³/mol. The third-order valence-corrected chi connectivity index (χ3v) is 4.43. The molecule has 1 atom stereocenters. The smallest absolute Gasteiger partial charge is 0.270 e. The van der Waals surface area contributed by atoms with Crippen molar-refractivity contribution in [3.05, 3.63) is 53.1 Å². The lowest BCUT2D eigenvalue weighted by Crippen LogP contribution is -2.41. The van der Waals surface area contributed by atoms with Gasteiger partial charge in [-0.15, -0.1) is 5.10 Å². The first kappa shape index (κ1) is 25.9. The fraction of sp³-hybridized carbons (Fsp3) is 0.429. The highest BCUT2D eigenvalue weighted by Crippen LogP contribution is 2.12. The van der Waals surface area contributed by atoms with Crippen LogP contribution < -0.4 is 21.6 Å². The van der Waals surface area contributed by atoms with Crippen molar-refractivity contribution in [3.8, 4) is 5.75 Å². The van der Waals surface area contributed by atoms with Gasteiger partial charge in [0.2, 0.25) is 0 Å². The molecule has 1 amide bonds. The summed E-state index contributed by atoms with van der Waals surface area (Å²) in [6.45, 7) is 3.81. The van der Waals surface area contributed by atoms with Crippen LogP contribution in [0.1, 0.15) is 27.6 Å². The van der Waals surface area contributed by atoms with Crippen LogP contribution in [0.5, 0.6) is 5.75 Å². The number of nitrogens with one attached hydrogen (secondary N) is 1. The van der Waals surface area contributed by atoms with Crippen LogP contribution in [-0.2, 0) is 16.0 Å². The molecule has 12 nitrogen and oxygen atoms in total. The maximum absolute atomic E-state index is 12.6. The first-order valence-electron chi connectivity index (χ1n) is 10.2. The van der Waals surface area contributed by atoms with E-state index < -0.39 is 0 Å². The number of hydrogen-bond donors (Lipinski definition) is 4. The number of benzene rings is 1. The largest absolute Gasteiger partial charge is 0.497 e. The molecular weight excluding hydrogens is 430 g/mol. The Kier molecular flexibility index (Phi) is 10.4. The molecule has 180 valence electrons. The number of aryl methyl sites for hydroxylation is 1. The third kappa shape index (κ3) is 8.27. The molecule has 0 radical (unpaired) electrons. The van der Waals surface area contributed by atoms with E-state index in [4.69, 9.17) is 30.9 Å². The van der Waals surface area contributed by atoms with Crippen LogP contribution in [0.3, 0.4) is 0 Å². The number of nitrogens with zero attached hydrogens (tertiary/aromatic N) is 4. The summed E-state index contributed by atoms with van der Waals surface area (Å²) in [6, 6.07) is 8.90. The van der Waals surface area contributed by atoms with Crippen molar-refractivity contribution in [2.24, 2.45) is 16.7 Å². The minimum absolute atomic E-state index is 0.0616. The molecule has 0 bridgehead atoms. The van der Waals surface area contributed by atoms with E-state index in [1.54, 1.807) is 14.0 Å². The van der Waals surface area contributed by atoms with Gasteiger partial charge in [-0.3, -0.25) is 4.79 Å². The molecule has 1 saturated heterocycles. The molecule has 1 fully saturated rings. The highest BCUT2D eigenvalue weighted by atomic mass is 16.6. The van der Waals surface area contributed by atoms with Crippen molar-refractivity contribution in [1.82, 2.24) is 20.4 Å². The van der Waals surface area contributed by atoms with Gasteiger partial charge < -0.3 is 30.4 Å². The SMILES string of the molecule is CO.COc1cccc(CNC(=O)c2cc(/C(N)=N/N(N)C[C@@H]3COCCO3)nc(C)n2)c1. The Hall–Kier alpha value is -3.32. The van der Waals surface area contributed by atoms with Gasteiger partial charge in [0.15, 0.2) is 5.84 Å². The Balaban J connectivity index is 0.00000187. The van der Waals surface area contributed by atoms with E-state index in [1.165, 1.54) is 11.2 Å². The van der Waals surface area contributed by atoms with Crippen molar-refractivity contribution < 1.29 is 24.1 Å². The lowest BCUT2D eigenvalue weighted by Gasteiger charge is -2.25. The van der Waals surface area contributed by atoms with Gasteiger partial charge in [-0.05, 0) is 30.7 Å². The number of carbonyl (C=O) groups excluding carboxylic acids is 1. The molecule has 0 saturated carbocycles. The third-order valence-electron chi connectivity index (χ3n) is 4.43. The second-order valence-electron chi connectivity index (χ2n) is 6.89. The number of amidine groups is 1. The van der Waals surface area contributed by atoms with Gasteiger partial charge in [0, 0.05) is 13.7 Å². The Morgan fingerprint density at radius 1 is 1.30 bits per heavy atom. The lowest BCUT2D eigenvalue weighted by molar-refractivity contribution is -0.0976. The highest BCUT2D eigenvalue weighted by molar-refractivity contribution is 5.99. The lowest BCUT2D eigenvalue weighted by atomic mass is 10.2. The van der Waals surface area contributed by atoms with Gasteiger partial charge in [0.1, 0.15) is 29.1 Å². The minimum atomic E-state index is -0.361. The number of hydrogen-bond acceptors (Lipinski definition) is 10. The zero-order valence-corrected chi connectivity index (χ0v) is 19.0. The first-order valence-corrected chi connectivity index (χ1v) is 10.2. The van der Waals surface area contributed by atoms with E-state index in [9.17, 15) is 4.79 Å². The molecule has 1 aliphatic rings. The molecule has 1 aromatic carbocycles. The number of aromatic nitrogens is 2. The maximum Gasteiger partial charge on any atom is 0.270 e. The topological polar surface area (TPSA) is 170 Å². The number of nitrogens with two attached hydrogens (primary N) is 2. The summed E-state index contributed by atoms with van der Waals surface area (Å²) in [5, 5.41) is 15.1. The molecule has 0 aliphatic carbocycles. The molecule has 2 aromatic rings. The van der Waals surface area contributed by atoms with E-state index in [1.807, 2.05) is 24.3 Å². The summed E-state index contributed by atoms with van der Waals surface area (Å²) < 4.78 is 16.1. The number of aliphatic hydroxyl groups excluding tert-OH is 1. The van der Waals surface area contributed by atoms with Gasteiger partial charge >= 0.3 is 0 Å². The van der Waals surface area contributed by atoms with E-state index in [2.05, 4.69) is 20.4 Å². The summed E-state index contributed by atoms with van der Waals surface area (Å²) >= 11 is 0. The number of ether oxygens (including phenoxy) is 3. The van der Waals surface area contributed by atoms with Crippen LogP contribution in [0.4, 0.5) is 0 Å². The molecule has 12 heteroatoms. The Morgan fingerprint density at radius 2 is 2.06 bits per heavy atom. The average Bonchev–Trinajstić information content (AvgIpc) is 2.84. The van der Waals surface area contributed by atoms with Crippen LogP contribution in [0, 0.1) is 6.92 Å². The zero-order valence-electron chi connectivity index (χ0n) is 19.0. The second kappa shape index (κ2) is 13.3. The van der Waals surface area contributed by atoms with Crippen molar-refractivity contribution >= 4 is 11.7 Å². The van der Waals surface area contributed by atoms with Crippen LogP contribution in [0.15, 0.2) is 35.4 Å². The number of carbonyl (C=O) groups is 1. The quantitative estimate of drug-likeness (QED) is 0.175. The predicted octanol–water partition coefficient (Wildman–Crippen LogP) is -0.456. The molecule has 2 heterocycles. The Labute approximate surface area is 192 Å². The van der Waals surface area contributed by atoms with E-state index in [-0.39, 0.29) is 23.5 Å². The Bertz CT molecular complexity index is 935. The molecule has 1 aromatic heterocycles. The van der Waals surface area contributed by atoms with Crippen molar-refractivity contribution in [1.29, 1.82) is 0 Å². The number of hydrazone groups is 1. The fourth-order valence-electron chi connectivity index (χ4n) is 2.95. The summed E-state index contributed by atoms with van der Waals surface area (Å²) in [5.41, 5.74) is 7.43. The van der Waals surface area contributed by atoms with Crippen molar-refractivity contribution in [3.63, 3.8) is 0 Å². The molecule has 0 spiro atoms. The number of aliphatic hydroxyl groups is 1. The molecule has 33 heavy (non-hydrogen) atoms. The van der Waals surface area contributed by atoms with E-state index >= 15 is 0 Å². The van der Waals surface area contributed by atoms with E-state index in [0.717, 1.165) is 12.7 Å². The molecule has 0 unspecified atom stereocenters. The molecular formula is C21H31N7O5. The van der Waals surface area contributed by atoms with Gasteiger partial charge in [-0.25, -0.2) is 20.9 Å². The normalized spacial score (nSPS) is 15.8. The summed E-state index contributed by atoms with van der Waals surface area (Å²) in [4.78, 5) is 21.1. The summed E-state index contributed by atoms with van der Waals surface area (Å²) in [6.07, 6.45) is -0.194. The number of rotatable bonds is 8. The Morgan fingerprint density at radius 3 is 2.76 bits per heavy atom. The average molecular weight is 462 g/mol. The first-order chi connectivity index (χ1) is 15.9. The van der Waals surface area contributed by atoms with Gasteiger partial charge in [0.05, 0.1) is 33.5 Å². The van der Waals surface area contributed by atoms with Gasteiger partial charge in [0.25, 0.3) is 5.91 Å². The summed E-state index contributed by atoms with van der Waals surface area (Å²) in [7, 11) is 2.59. The zero-order chi connectivity index (χ0) is 24.2. The van der Waals surface area contributed by atoms with Gasteiger partial charge in [-0.1, -0.05) is 12.1 Å². The van der Waals surface area contributed by atoms with Crippen LogP contribution >= 0.6 is 0 Å². The molecule has 3 rings (SSSR count). The molecule has 1 aliphatic heterocycles. The van der Waals surface area contributed by atoms with Gasteiger partial charge in [-0.2, -0.15) is 0 Å². The van der Waals surface area contributed by atoms with Crippen LogP contribution in [0.2, 0.25) is 0 Å². The number of methoxy groups -OCH3 is 1. The monoisotopic (exact) mass is 461 g/mol. The molecule has 6 N–H and O–H groups in total. The number of hydrazine groups is 1. The summed E-state index contributed by atoms with van der Waals surface area (Å²) in [5.74, 6) is 6.71. The maximum atomic E-state index is 12.6. The van der Waals surface area contributed by atoms with Crippen molar-refractivity contribution in [2.45, 2.75) is 19.6 Å². The fourth-order valence-corrected chi connectivity index (χ4v) is 2.95. The van der Waals surface area contributed by atoms with Crippen LogP contribution in [-0.4, -0.2) is 78.6 Å². The van der Waals surface area contributed by atoms with Crippen LogP contribution in [0.25, 0.3) is 0 Å². The van der Waals surface area contributed by atoms with E-state index in [0.29, 0.717) is 50.2 Å². The van der Waals surface area contributed by atoms with Crippen molar-refractivity contribution in [2.75, 3.05) is 40.6 Å².